The average molecular weight is 312 g/mol. The summed E-state index contributed by atoms with van der Waals surface area (Å²) in [4.78, 5) is 12.2. The number of carbonyl (C=O) groups excluding carboxylic acids is 1. The van der Waals surface area contributed by atoms with E-state index in [4.69, 9.17) is 11.2 Å². The molecule has 6 heteroatoms. The minimum absolute atomic E-state index is 0.185. The maximum atomic E-state index is 12.2. The first-order valence-electron chi connectivity index (χ1n) is 7.33. The first-order valence-corrected chi connectivity index (χ1v) is 7.33. The van der Waals surface area contributed by atoms with E-state index in [1.807, 2.05) is 25.5 Å². The number of benzene rings is 1. The van der Waals surface area contributed by atoms with Crippen LogP contribution in [0.25, 0.3) is 0 Å². The van der Waals surface area contributed by atoms with Crippen LogP contribution >= 0.6 is 0 Å². The summed E-state index contributed by atoms with van der Waals surface area (Å²) in [6, 6.07) is 6.72. The number of aromatic nitrogens is 2. The lowest BCUT2D eigenvalue weighted by Crippen LogP contribution is -2.20. The van der Waals surface area contributed by atoms with Crippen LogP contribution in [0.1, 0.15) is 18.3 Å². The SMILES string of the molecule is C#CCOc1cccc(NC(=O)Nc2c(C)nn(CC)c2C)c1. The molecular formula is C17H20N4O2. The van der Waals surface area contributed by atoms with Gasteiger partial charge in [-0.2, -0.15) is 5.10 Å². The molecule has 0 saturated heterocycles. The number of urea groups is 1. The van der Waals surface area contributed by atoms with Crippen LogP contribution in [0.3, 0.4) is 0 Å². The third-order valence-corrected chi connectivity index (χ3v) is 3.33. The molecule has 0 saturated carbocycles. The monoisotopic (exact) mass is 312 g/mol. The Balaban J connectivity index is 2.05. The molecule has 0 aliphatic heterocycles. The molecule has 0 bridgehead atoms. The normalized spacial score (nSPS) is 10.0. The molecule has 0 spiro atoms. The number of aryl methyl sites for hydroxylation is 2. The number of nitrogens with zero attached hydrogens (tertiary/aromatic N) is 2. The summed E-state index contributed by atoms with van der Waals surface area (Å²) in [7, 11) is 0. The van der Waals surface area contributed by atoms with Crippen molar-refractivity contribution in [2.75, 3.05) is 17.2 Å². The van der Waals surface area contributed by atoms with Crippen LogP contribution in [0.4, 0.5) is 16.2 Å². The van der Waals surface area contributed by atoms with E-state index in [-0.39, 0.29) is 12.6 Å². The number of nitrogens with one attached hydrogen (secondary N) is 2. The Morgan fingerprint density at radius 1 is 1.39 bits per heavy atom. The van der Waals surface area contributed by atoms with Crippen LogP contribution in [0.5, 0.6) is 5.75 Å². The Morgan fingerprint density at radius 2 is 2.17 bits per heavy atom. The highest BCUT2D eigenvalue weighted by molar-refractivity contribution is 6.00. The lowest BCUT2D eigenvalue weighted by molar-refractivity contribution is 0.262. The number of ether oxygens (including phenoxy) is 1. The molecule has 0 atom stereocenters. The van der Waals surface area contributed by atoms with E-state index in [1.165, 1.54) is 0 Å². The molecule has 120 valence electrons. The van der Waals surface area contributed by atoms with Crippen LogP contribution in [0.15, 0.2) is 24.3 Å². The Labute approximate surface area is 135 Å². The van der Waals surface area contributed by atoms with Crippen molar-refractivity contribution >= 4 is 17.4 Å². The summed E-state index contributed by atoms with van der Waals surface area (Å²) in [6.45, 7) is 6.73. The van der Waals surface area contributed by atoms with Gasteiger partial charge >= 0.3 is 6.03 Å². The third kappa shape index (κ3) is 4.04. The van der Waals surface area contributed by atoms with Gasteiger partial charge in [0.1, 0.15) is 12.4 Å². The van der Waals surface area contributed by atoms with Crippen molar-refractivity contribution in [2.45, 2.75) is 27.3 Å². The van der Waals surface area contributed by atoms with Gasteiger partial charge in [0.05, 0.1) is 17.1 Å². The summed E-state index contributed by atoms with van der Waals surface area (Å²) in [5.74, 6) is 3.00. The quantitative estimate of drug-likeness (QED) is 0.833. The van der Waals surface area contributed by atoms with E-state index in [0.29, 0.717) is 11.4 Å². The van der Waals surface area contributed by atoms with E-state index < -0.39 is 0 Å². The van der Waals surface area contributed by atoms with E-state index >= 15 is 0 Å². The summed E-state index contributed by atoms with van der Waals surface area (Å²) in [6.07, 6.45) is 5.16. The number of amides is 2. The Bertz CT molecular complexity index is 744. The van der Waals surface area contributed by atoms with Gasteiger partial charge in [-0.1, -0.05) is 12.0 Å². The maximum absolute atomic E-state index is 12.2. The van der Waals surface area contributed by atoms with Crippen LogP contribution < -0.4 is 15.4 Å². The Hall–Kier alpha value is -2.94. The standard InChI is InChI=1S/C17H20N4O2/c1-5-10-23-15-9-7-8-14(11-15)18-17(22)19-16-12(3)20-21(6-2)13(16)4/h1,7-9,11H,6,10H2,2-4H3,(H2,18,19,22). The van der Waals surface area contributed by atoms with Gasteiger partial charge in [0, 0.05) is 18.3 Å². The predicted molar refractivity (Wildman–Crippen MR) is 90.8 cm³/mol. The predicted octanol–water partition coefficient (Wildman–Crippen LogP) is 3.18. The number of hydrogen-bond acceptors (Lipinski definition) is 3. The van der Waals surface area contributed by atoms with Crippen LogP contribution in [-0.4, -0.2) is 22.4 Å². The van der Waals surface area contributed by atoms with Crippen molar-refractivity contribution in [3.63, 3.8) is 0 Å². The smallest absolute Gasteiger partial charge is 0.323 e. The third-order valence-electron chi connectivity index (χ3n) is 3.33. The van der Waals surface area contributed by atoms with Crippen LogP contribution in [-0.2, 0) is 6.54 Å². The topological polar surface area (TPSA) is 68.2 Å². The molecule has 2 N–H and O–H groups in total. The van der Waals surface area contributed by atoms with Crippen LogP contribution in [0.2, 0.25) is 0 Å². The highest BCUT2D eigenvalue weighted by Gasteiger charge is 2.13. The molecule has 1 heterocycles. The number of rotatable bonds is 5. The molecule has 0 aliphatic carbocycles. The molecule has 2 aromatic rings. The minimum atomic E-state index is -0.332. The average Bonchev–Trinajstić information content (AvgIpc) is 2.80. The van der Waals surface area contributed by atoms with Gasteiger partial charge in [-0.25, -0.2) is 4.79 Å². The van der Waals surface area contributed by atoms with Gasteiger partial charge in [0.15, 0.2) is 0 Å². The molecule has 1 aromatic heterocycles. The zero-order chi connectivity index (χ0) is 16.8. The number of anilines is 2. The Morgan fingerprint density at radius 3 is 2.83 bits per heavy atom. The van der Waals surface area contributed by atoms with E-state index in [9.17, 15) is 4.79 Å². The molecule has 0 unspecified atom stereocenters. The lowest BCUT2D eigenvalue weighted by Gasteiger charge is -2.09. The van der Waals surface area contributed by atoms with Crippen molar-refractivity contribution in [2.24, 2.45) is 0 Å². The van der Waals surface area contributed by atoms with Gasteiger partial charge in [0.2, 0.25) is 0 Å². The zero-order valence-electron chi connectivity index (χ0n) is 13.5. The molecule has 6 nitrogen and oxygen atoms in total. The van der Waals surface area contributed by atoms with Gasteiger partial charge < -0.3 is 15.4 Å². The molecule has 0 aliphatic rings. The summed E-state index contributed by atoms with van der Waals surface area (Å²) >= 11 is 0. The highest BCUT2D eigenvalue weighted by Crippen LogP contribution is 2.21. The molecule has 2 rings (SSSR count). The van der Waals surface area contributed by atoms with E-state index in [1.54, 1.807) is 24.3 Å². The van der Waals surface area contributed by atoms with Crippen molar-refractivity contribution in [1.29, 1.82) is 0 Å². The number of hydrogen-bond donors (Lipinski definition) is 2. The molecule has 1 aromatic carbocycles. The van der Waals surface area contributed by atoms with E-state index in [0.717, 1.165) is 23.6 Å². The summed E-state index contributed by atoms with van der Waals surface area (Å²) < 4.78 is 7.18. The van der Waals surface area contributed by atoms with E-state index in [2.05, 4.69) is 21.7 Å². The summed E-state index contributed by atoms with van der Waals surface area (Å²) in [5, 5.41) is 9.98. The van der Waals surface area contributed by atoms with Gasteiger partial charge in [-0.3, -0.25) is 4.68 Å². The first kappa shape index (κ1) is 16.4. The van der Waals surface area contributed by atoms with Crippen molar-refractivity contribution in [1.82, 2.24) is 9.78 Å². The largest absolute Gasteiger partial charge is 0.481 e. The molecule has 0 radical (unpaired) electrons. The van der Waals surface area contributed by atoms with Crippen molar-refractivity contribution in [3.05, 3.63) is 35.7 Å². The first-order chi connectivity index (χ1) is 11.0. The fourth-order valence-electron chi connectivity index (χ4n) is 2.25. The second-order valence-electron chi connectivity index (χ2n) is 4.96. The molecule has 0 fully saturated rings. The van der Waals surface area contributed by atoms with Crippen LogP contribution in [0, 0.1) is 26.2 Å². The second-order valence-corrected chi connectivity index (χ2v) is 4.96. The number of carbonyl (C=O) groups is 1. The second kappa shape index (κ2) is 7.36. The van der Waals surface area contributed by atoms with Crippen molar-refractivity contribution in [3.8, 4) is 18.1 Å². The zero-order valence-corrected chi connectivity index (χ0v) is 13.5. The number of terminal acetylenes is 1. The van der Waals surface area contributed by atoms with Crippen molar-refractivity contribution < 1.29 is 9.53 Å². The molecular weight excluding hydrogens is 292 g/mol. The maximum Gasteiger partial charge on any atom is 0.323 e. The minimum Gasteiger partial charge on any atom is -0.481 e. The van der Waals surface area contributed by atoms with Gasteiger partial charge in [0.25, 0.3) is 0 Å². The molecule has 23 heavy (non-hydrogen) atoms. The van der Waals surface area contributed by atoms with Gasteiger partial charge in [-0.05, 0) is 32.9 Å². The fourth-order valence-corrected chi connectivity index (χ4v) is 2.25. The van der Waals surface area contributed by atoms with Gasteiger partial charge in [-0.15, -0.1) is 6.42 Å². The molecule has 2 amide bonds. The lowest BCUT2D eigenvalue weighted by atomic mass is 10.3. The highest BCUT2D eigenvalue weighted by atomic mass is 16.5. The summed E-state index contributed by atoms with van der Waals surface area (Å²) in [5.41, 5.74) is 3.05. The Kier molecular flexibility index (Phi) is 5.26. The fraction of sp³-hybridized carbons (Fsp3) is 0.294.